The van der Waals surface area contributed by atoms with Crippen molar-refractivity contribution in [3.8, 4) is 35.8 Å². The summed E-state index contributed by atoms with van der Waals surface area (Å²) >= 11 is 0. The summed E-state index contributed by atoms with van der Waals surface area (Å²) in [4.78, 5) is 0. The number of rotatable bonds is 0. The van der Waals surface area contributed by atoms with E-state index in [2.05, 4.69) is 10.6 Å². The predicted molar refractivity (Wildman–Crippen MR) is 115 cm³/mol. The van der Waals surface area contributed by atoms with Gasteiger partial charge in [-0.15, -0.1) is 0 Å². The molecule has 0 spiro atoms. The van der Waals surface area contributed by atoms with Crippen LogP contribution in [0.3, 0.4) is 0 Å². The molecular weight excluding hydrogens is 518 g/mol. The van der Waals surface area contributed by atoms with Crippen LogP contribution in [0.25, 0.3) is 32.3 Å². The van der Waals surface area contributed by atoms with Gasteiger partial charge in [-0.3, -0.25) is 0 Å². The van der Waals surface area contributed by atoms with Crippen LogP contribution in [-0.4, -0.2) is 0 Å². The maximum absolute atomic E-state index is 15.7. The molecule has 2 N–H and O–H groups in total. The van der Waals surface area contributed by atoms with E-state index in [-0.39, 0.29) is 0 Å². The first-order valence-electron chi connectivity index (χ1n) is 10.1. The lowest BCUT2D eigenvalue weighted by molar-refractivity contribution is 0.450. The average molecular weight is 520 g/mol. The van der Waals surface area contributed by atoms with Crippen molar-refractivity contribution in [3.05, 3.63) is 57.8 Å². The van der Waals surface area contributed by atoms with Gasteiger partial charge in [0, 0.05) is 10.8 Å². The normalized spacial score (nSPS) is 13.1. The molecule has 38 heavy (non-hydrogen) atoms. The van der Waals surface area contributed by atoms with Crippen molar-refractivity contribution in [1.29, 1.82) is 21.0 Å². The molecule has 0 saturated carbocycles. The molecule has 2 aliphatic heterocycles. The fourth-order valence-corrected chi connectivity index (χ4v) is 4.56. The number of hydrogen-bond acceptors (Lipinski definition) is 8. The predicted octanol–water partition coefficient (Wildman–Crippen LogP) is 5.54. The first-order chi connectivity index (χ1) is 18.2. The van der Waals surface area contributed by atoms with Gasteiger partial charge >= 0.3 is 0 Å². The molecule has 0 radical (unpaired) electrons. The zero-order chi connectivity index (χ0) is 27.2. The SMILES string of the molecule is N#CC(C#N)=C1Nc2c(F)c3c(F)c(F)c4c(F)c5c(c6c(F)c(F)c(c2O1)c3c46)OC(=C(C#N)C#N)N5. The van der Waals surface area contributed by atoms with Crippen molar-refractivity contribution >= 4 is 43.7 Å². The van der Waals surface area contributed by atoms with Crippen LogP contribution in [0.15, 0.2) is 22.9 Å². The fraction of sp³-hybridized carbons (Fsp3) is 0. The highest BCUT2D eigenvalue weighted by Gasteiger charge is 2.39. The van der Waals surface area contributed by atoms with Crippen molar-refractivity contribution in [1.82, 2.24) is 0 Å². The van der Waals surface area contributed by atoms with Crippen molar-refractivity contribution < 1.29 is 35.8 Å². The Hall–Kier alpha value is -5.86. The minimum absolute atomic E-state index is 0.686. The molecule has 0 saturated heterocycles. The van der Waals surface area contributed by atoms with E-state index in [0.717, 1.165) is 0 Å². The molecule has 182 valence electrons. The first-order valence-corrected chi connectivity index (χ1v) is 10.1. The van der Waals surface area contributed by atoms with E-state index in [0.29, 0.717) is 0 Å². The Morgan fingerprint density at radius 3 is 1.11 bits per heavy atom. The monoisotopic (exact) mass is 520 g/mol. The maximum atomic E-state index is 15.7. The molecule has 0 bridgehead atoms. The molecule has 0 atom stereocenters. The van der Waals surface area contributed by atoms with E-state index in [4.69, 9.17) is 30.5 Å². The molecule has 4 aromatic carbocycles. The van der Waals surface area contributed by atoms with Gasteiger partial charge in [0.05, 0.1) is 21.5 Å². The van der Waals surface area contributed by atoms with Crippen LogP contribution < -0.4 is 20.1 Å². The van der Waals surface area contributed by atoms with Crippen LogP contribution in [0.5, 0.6) is 11.5 Å². The fourth-order valence-electron chi connectivity index (χ4n) is 4.56. The molecule has 6 rings (SSSR count). The second-order valence-electron chi connectivity index (χ2n) is 7.85. The van der Waals surface area contributed by atoms with Gasteiger partial charge in [0.15, 0.2) is 57.5 Å². The molecule has 2 heterocycles. The van der Waals surface area contributed by atoms with Gasteiger partial charge in [-0.25, -0.2) is 26.3 Å². The topological polar surface area (TPSA) is 138 Å². The van der Waals surface area contributed by atoms with Crippen LogP contribution in [0.1, 0.15) is 0 Å². The molecular formula is C24H2F6N6O2. The largest absolute Gasteiger partial charge is 0.436 e. The summed E-state index contributed by atoms with van der Waals surface area (Å²) in [6.07, 6.45) is 0. The van der Waals surface area contributed by atoms with E-state index >= 15 is 26.3 Å². The number of allylic oxidation sites excluding steroid dienone is 2. The van der Waals surface area contributed by atoms with Gasteiger partial charge in [-0.1, -0.05) is 0 Å². The van der Waals surface area contributed by atoms with E-state index in [1.807, 2.05) is 0 Å². The quantitative estimate of drug-likeness (QED) is 0.175. The molecule has 0 aliphatic carbocycles. The highest BCUT2D eigenvalue weighted by atomic mass is 19.2. The third kappa shape index (κ3) is 2.45. The lowest BCUT2D eigenvalue weighted by Crippen LogP contribution is -2.04. The standard InChI is InChI=1S/C24H2F6N6O2/c25-13-9-7-8-10(14(13)26)18(30)20-22(38-24(36-20)6(3-33)4-34)12(8)16(28)15(27)11(7)21-19(17(9)29)35-23(37-21)5(1-31)2-32/h35-36H. The summed E-state index contributed by atoms with van der Waals surface area (Å²) in [6, 6.07) is 5.76. The van der Waals surface area contributed by atoms with Crippen LogP contribution in [0.4, 0.5) is 37.7 Å². The lowest BCUT2D eigenvalue weighted by atomic mass is 9.90. The minimum Gasteiger partial charge on any atom is -0.436 e. The van der Waals surface area contributed by atoms with Crippen LogP contribution >= 0.6 is 0 Å². The average Bonchev–Trinajstić information content (AvgIpc) is 3.53. The second kappa shape index (κ2) is 7.33. The Morgan fingerprint density at radius 1 is 0.474 bits per heavy atom. The van der Waals surface area contributed by atoms with Crippen LogP contribution in [-0.2, 0) is 0 Å². The third-order valence-electron chi connectivity index (χ3n) is 6.09. The Balaban J connectivity index is 1.87. The number of halogens is 6. The number of anilines is 2. The number of fused-ring (bicyclic) bond motifs is 4. The maximum Gasteiger partial charge on any atom is 0.226 e. The summed E-state index contributed by atoms with van der Waals surface area (Å²) in [5.41, 5.74) is -3.12. The van der Waals surface area contributed by atoms with Crippen molar-refractivity contribution in [2.45, 2.75) is 0 Å². The number of ether oxygens (including phenoxy) is 2. The van der Waals surface area contributed by atoms with Gasteiger partial charge in [-0.05, 0) is 0 Å². The van der Waals surface area contributed by atoms with Crippen LogP contribution in [0.2, 0.25) is 0 Å². The summed E-state index contributed by atoms with van der Waals surface area (Å²) in [5.74, 6) is -13.6. The van der Waals surface area contributed by atoms with Gasteiger partial charge in [0.1, 0.15) is 35.7 Å². The van der Waals surface area contributed by atoms with E-state index in [1.54, 1.807) is 0 Å². The summed E-state index contributed by atoms with van der Waals surface area (Å²) in [5, 5.41) is 34.7. The summed E-state index contributed by atoms with van der Waals surface area (Å²) in [6.45, 7) is 0. The molecule has 4 aromatic rings. The third-order valence-corrected chi connectivity index (χ3v) is 6.09. The van der Waals surface area contributed by atoms with Gasteiger partial charge in [-0.2, -0.15) is 21.0 Å². The molecule has 0 fully saturated rings. The molecule has 0 unspecified atom stereocenters. The van der Waals surface area contributed by atoms with Gasteiger partial charge in [0.2, 0.25) is 11.8 Å². The number of nitrogens with one attached hydrogen (secondary N) is 2. The zero-order valence-electron chi connectivity index (χ0n) is 17.9. The highest BCUT2D eigenvalue weighted by Crippen LogP contribution is 2.56. The molecule has 14 heteroatoms. The number of nitriles is 4. The number of benzene rings is 4. The van der Waals surface area contributed by atoms with Crippen molar-refractivity contribution in [3.63, 3.8) is 0 Å². The van der Waals surface area contributed by atoms with E-state index in [1.165, 1.54) is 24.3 Å². The van der Waals surface area contributed by atoms with Crippen molar-refractivity contribution in [2.75, 3.05) is 10.6 Å². The summed E-state index contributed by atoms with van der Waals surface area (Å²) < 4.78 is 104. The zero-order valence-corrected chi connectivity index (χ0v) is 17.9. The minimum atomic E-state index is -1.96. The first kappa shape index (κ1) is 22.6. The van der Waals surface area contributed by atoms with E-state index < -0.39 is 113 Å². The summed E-state index contributed by atoms with van der Waals surface area (Å²) in [7, 11) is 0. The molecule has 2 aliphatic rings. The molecule has 8 nitrogen and oxygen atoms in total. The number of nitrogens with zero attached hydrogens (tertiary/aromatic N) is 4. The second-order valence-corrected chi connectivity index (χ2v) is 7.85. The smallest absolute Gasteiger partial charge is 0.226 e. The Morgan fingerprint density at radius 2 is 0.789 bits per heavy atom. The number of hydrogen-bond donors (Lipinski definition) is 2. The van der Waals surface area contributed by atoms with Gasteiger partial charge < -0.3 is 20.1 Å². The Bertz CT molecular complexity index is 1910. The lowest BCUT2D eigenvalue weighted by Gasteiger charge is -2.18. The van der Waals surface area contributed by atoms with E-state index in [9.17, 15) is 0 Å². The molecule has 0 aromatic heterocycles. The Labute approximate surface area is 205 Å². The van der Waals surface area contributed by atoms with Gasteiger partial charge in [0.25, 0.3) is 0 Å². The Kier molecular flexibility index (Phi) is 4.36. The van der Waals surface area contributed by atoms with Crippen molar-refractivity contribution in [2.24, 2.45) is 0 Å². The molecule has 0 amide bonds. The highest BCUT2D eigenvalue weighted by molar-refractivity contribution is 6.28. The van der Waals surface area contributed by atoms with Crippen LogP contribution in [0, 0.1) is 80.2 Å².